The second-order valence-corrected chi connectivity index (χ2v) is 24.2. The molecule has 0 radical (unpaired) electrons. The number of benzene rings is 12. The summed E-state index contributed by atoms with van der Waals surface area (Å²) in [5, 5.41) is 2.55. The number of hydrogen-bond acceptors (Lipinski definition) is 4. The summed E-state index contributed by atoms with van der Waals surface area (Å²) in [6.07, 6.45) is 0. The molecule has 4 nitrogen and oxygen atoms in total. The van der Waals surface area contributed by atoms with Crippen molar-refractivity contribution in [3.63, 3.8) is 0 Å². The van der Waals surface area contributed by atoms with Crippen molar-refractivity contribution in [2.24, 2.45) is 0 Å². The van der Waals surface area contributed by atoms with Gasteiger partial charge in [-0.15, -0.1) is 0 Å². The second kappa shape index (κ2) is 18.9. The van der Waals surface area contributed by atoms with E-state index >= 15 is 0 Å². The van der Waals surface area contributed by atoms with Gasteiger partial charge in [0.1, 0.15) is 0 Å². The molecule has 0 amide bonds. The quantitative estimate of drug-likeness (QED) is 0.154. The highest BCUT2D eigenvalue weighted by molar-refractivity contribution is 7.01. The predicted molar refractivity (Wildman–Crippen MR) is 361 cm³/mol. The standard InChI is InChI=1S/C78H62B2N4/c1-47-19-27-59(28-20-47)81-69-37-23-49(3)39-67(69)79-65-35-25-55(45-71(65)83(57-15-11-9-12-16-57)75-43-51(5)41-73(81)77(75)79)61-31-33-64-54(8)62(32-34-63(64)53(61)7)56-26-36-66-72(46-56)84(58-17-13-10-14-18-58)76-44-52(6)42-74-78(76)80(66)68-40-50(4)24-38-70(68)82(74)60-29-21-48(2)22-30-60/h9-46H,1-8H3. The van der Waals surface area contributed by atoms with Gasteiger partial charge in [-0.25, -0.2) is 0 Å². The van der Waals surface area contributed by atoms with Crippen LogP contribution < -0.4 is 52.4 Å². The fourth-order valence-corrected chi connectivity index (χ4v) is 14.8. The van der Waals surface area contributed by atoms with Crippen molar-refractivity contribution in [2.75, 3.05) is 19.6 Å². The monoisotopic (exact) mass is 1080 g/mol. The molecule has 4 aliphatic heterocycles. The SMILES string of the molecule is Cc1ccc(N2c3ccc(C)cc3B3c4ccc(-c5ccc6c(C)c(-c7ccc8c(c7)N(c7ccccc7)c7cc(C)cc9c7B8c7cc(C)ccc7N9c7ccc(C)cc7)ccc6c5C)cc4N(c4ccccc4)c4cc(C)cc2c43)cc1. The molecule has 84 heavy (non-hydrogen) atoms. The molecule has 0 N–H and O–H groups in total. The first-order chi connectivity index (χ1) is 40.9. The maximum atomic E-state index is 2.53. The molecule has 0 spiro atoms. The smallest absolute Gasteiger partial charge is 0.252 e. The van der Waals surface area contributed by atoms with Gasteiger partial charge >= 0.3 is 0 Å². The zero-order chi connectivity index (χ0) is 56.8. The Bertz CT molecular complexity index is 4420. The van der Waals surface area contributed by atoms with Crippen LogP contribution in [0, 0.1) is 55.4 Å². The van der Waals surface area contributed by atoms with Gasteiger partial charge in [0, 0.05) is 68.2 Å². The van der Waals surface area contributed by atoms with Crippen LogP contribution in [0.5, 0.6) is 0 Å². The van der Waals surface area contributed by atoms with Crippen molar-refractivity contribution < 1.29 is 0 Å². The van der Waals surface area contributed by atoms with Crippen LogP contribution in [0.1, 0.15) is 44.5 Å². The van der Waals surface area contributed by atoms with Gasteiger partial charge in [-0.05, 0) is 241 Å². The Balaban J connectivity index is 0.827. The van der Waals surface area contributed by atoms with Crippen LogP contribution >= 0.6 is 0 Å². The molecule has 0 atom stereocenters. The first-order valence-electron chi connectivity index (χ1n) is 29.7. The van der Waals surface area contributed by atoms with E-state index in [9.17, 15) is 0 Å². The Morgan fingerprint density at radius 1 is 0.238 bits per heavy atom. The number of nitrogens with zero attached hydrogens (tertiary/aromatic N) is 4. The molecule has 6 heteroatoms. The van der Waals surface area contributed by atoms with E-state index in [1.165, 1.54) is 167 Å². The van der Waals surface area contributed by atoms with Gasteiger partial charge in [0.25, 0.3) is 13.4 Å². The van der Waals surface area contributed by atoms with Gasteiger partial charge in [-0.2, -0.15) is 0 Å². The van der Waals surface area contributed by atoms with Crippen LogP contribution in [0.3, 0.4) is 0 Å². The molecule has 0 aliphatic carbocycles. The van der Waals surface area contributed by atoms with Crippen molar-refractivity contribution in [2.45, 2.75) is 55.4 Å². The van der Waals surface area contributed by atoms with E-state index in [0.29, 0.717) is 0 Å². The van der Waals surface area contributed by atoms with Gasteiger partial charge in [0.05, 0.1) is 0 Å². The maximum absolute atomic E-state index is 2.53. The van der Waals surface area contributed by atoms with Gasteiger partial charge in [-0.1, -0.05) is 156 Å². The third kappa shape index (κ3) is 7.56. The minimum absolute atomic E-state index is 0.0480. The summed E-state index contributed by atoms with van der Waals surface area (Å²) in [5.41, 5.74) is 37.5. The molecule has 4 aliphatic rings. The highest BCUT2D eigenvalue weighted by Crippen LogP contribution is 2.49. The van der Waals surface area contributed by atoms with E-state index in [4.69, 9.17) is 0 Å². The normalized spacial score (nSPS) is 13.3. The number of fused-ring (bicyclic) bond motifs is 9. The van der Waals surface area contributed by atoms with Crippen LogP contribution in [0.15, 0.2) is 231 Å². The lowest BCUT2D eigenvalue weighted by Crippen LogP contribution is -2.61. The first kappa shape index (κ1) is 50.0. The zero-order valence-corrected chi connectivity index (χ0v) is 48.9. The molecule has 16 rings (SSSR count). The second-order valence-electron chi connectivity index (χ2n) is 24.2. The topological polar surface area (TPSA) is 13.0 Å². The number of aryl methyl sites for hydroxylation is 8. The molecule has 0 aromatic heterocycles. The molecule has 4 heterocycles. The number of para-hydroxylation sites is 2. The Kier molecular flexibility index (Phi) is 11.2. The van der Waals surface area contributed by atoms with E-state index in [1.54, 1.807) is 0 Å². The largest absolute Gasteiger partial charge is 0.311 e. The van der Waals surface area contributed by atoms with Gasteiger partial charge in [0.2, 0.25) is 0 Å². The minimum Gasteiger partial charge on any atom is -0.311 e. The summed E-state index contributed by atoms with van der Waals surface area (Å²) in [5.74, 6) is 0. The molecule has 0 saturated heterocycles. The highest BCUT2D eigenvalue weighted by atomic mass is 15.2. The van der Waals surface area contributed by atoms with Crippen LogP contribution in [0.4, 0.5) is 68.2 Å². The third-order valence-electron chi connectivity index (χ3n) is 18.7. The zero-order valence-electron chi connectivity index (χ0n) is 48.9. The number of rotatable bonds is 6. The van der Waals surface area contributed by atoms with Crippen molar-refractivity contribution >= 4 is 125 Å². The number of anilines is 12. The molecule has 400 valence electrons. The van der Waals surface area contributed by atoms with Crippen molar-refractivity contribution in [1.29, 1.82) is 0 Å². The summed E-state index contributed by atoms with van der Waals surface area (Å²) in [4.78, 5) is 10.1. The Morgan fingerprint density at radius 2 is 0.583 bits per heavy atom. The predicted octanol–water partition coefficient (Wildman–Crippen LogP) is 16.8. The maximum Gasteiger partial charge on any atom is 0.252 e. The summed E-state index contributed by atoms with van der Waals surface area (Å²) in [6.45, 7) is 18.0. The molecule has 12 aromatic rings. The van der Waals surface area contributed by atoms with Crippen molar-refractivity contribution in [3.05, 3.63) is 275 Å². The summed E-state index contributed by atoms with van der Waals surface area (Å²) in [7, 11) is 0. The average Bonchev–Trinajstić information content (AvgIpc) is 1.03. The van der Waals surface area contributed by atoms with E-state index in [1.807, 2.05) is 0 Å². The Labute approximate surface area is 494 Å². The molecule has 0 bridgehead atoms. The molecular formula is C78H62B2N4. The van der Waals surface area contributed by atoms with Gasteiger partial charge in [0.15, 0.2) is 0 Å². The molecule has 0 fully saturated rings. The summed E-state index contributed by atoms with van der Waals surface area (Å²) >= 11 is 0. The van der Waals surface area contributed by atoms with Crippen LogP contribution in [0.25, 0.3) is 33.0 Å². The molecule has 12 aromatic carbocycles. The van der Waals surface area contributed by atoms with Crippen LogP contribution in [-0.2, 0) is 0 Å². The number of hydrogen-bond donors (Lipinski definition) is 0. The van der Waals surface area contributed by atoms with Crippen molar-refractivity contribution in [3.8, 4) is 22.3 Å². The average molecular weight is 1080 g/mol. The van der Waals surface area contributed by atoms with Crippen molar-refractivity contribution in [1.82, 2.24) is 0 Å². The fraction of sp³-hybridized carbons (Fsp3) is 0.103. The Morgan fingerprint density at radius 3 is 0.964 bits per heavy atom. The molecule has 0 saturated carbocycles. The van der Waals surface area contributed by atoms with Gasteiger partial charge < -0.3 is 19.6 Å². The molecule has 0 unspecified atom stereocenters. The summed E-state index contributed by atoms with van der Waals surface area (Å²) < 4.78 is 0. The fourth-order valence-electron chi connectivity index (χ4n) is 14.8. The van der Waals surface area contributed by atoms with E-state index < -0.39 is 0 Å². The minimum atomic E-state index is 0.0480. The van der Waals surface area contributed by atoms with Crippen LogP contribution in [-0.4, -0.2) is 13.4 Å². The lowest BCUT2D eigenvalue weighted by Gasteiger charge is -2.44. The van der Waals surface area contributed by atoms with Gasteiger partial charge in [-0.3, -0.25) is 0 Å². The van der Waals surface area contributed by atoms with E-state index in [2.05, 4.69) is 306 Å². The Hall–Kier alpha value is -9.77. The van der Waals surface area contributed by atoms with E-state index in [-0.39, 0.29) is 13.4 Å². The lowest BCUT2D eigenvalue weighted by molar-refractivity contribution is 1.23. The first-order valence-corrected chi connectivity index (χ1v) is 29.7. The highest BCUT2D eigenvalue weighted by Gasteiger charge is 2.45. The van der Waals surface area contributed by atoms with E-state index in [0.717, 1.165) is 11.4 Å². The third-order valence-corrected chi connectivity index (χ3v) is 18.7. The lowest BCUT2D eigenvalue weighted by atomic mass is 9.33. The van der Waals surface area contributed by atoms with Crippen LogP contribution in [0.2, 0.25) is 0 Å². The molecular weight excluding hydrogens is 1010 g/mol. The summed E-state index contributed by atoms with van der Waals surface area (Å²) in [6, 6.07) is 87.9.